The van der Waals surface area contributed by atoms with Crippen LogP contribution in [0.3, 0.4) is 0 Å². The summed E-state index contributed by atoms with van der Waals surface area (Å²) in [5.74, 6) is -0.265. The molecule has 0 amide bonds. The summed E-state index contributed by atoms with van der Waals surface area (Å²) in [6, 6.07) is 22.9. The minimum Gasteiger partial charge on any atom is -0.326 e. The minimum absolute atomic E-state index is 0.155. The molecule has 0 aliphatic heterocycles. The largest absolute Gasteiger partial charge is 0.326 e. The van der Waals surface area contributed by atoms with Gasteiger partial charge in [-0.2, -0.15) is 0 Å². The van der Waals surface area contributed by atoms with Crippen LogP contribution in [0.15, 0.2) is 72.8 Å². The predicted octanol–water partition coefficient (Wildman–Crippen LogP) is 4.00. The number of nitrogens with two attached hydrogens (primary N) is 2. The zero-order valence-electron chi connectivity index (χ0n) is 12.7. The lowest BCUT2D eigenvalue weighted by molar-refractivity contribution is 0.611. The SMILES string of the molecule is NCc1cc(-c2ccc(C(N)c3ccccc3)cc2)ccc1F. The van der Waals surface area contributed by atoms with E-state index in [2.05, 4.69) is 0 Å². The Labute approximate surface area is 135 Å². The zero-order chi connectivity index (χ0) is 16.2. The van der Waals surface area contributed by atoms with Crippen molar-refractivity contribution in [3.8, 4) is 11.1 Å². The van der Waals surface area contributed by atoms with Gasteiger partial charge in [0.25, 0.3) is 0 Å². The Morgan fingerprint density at radius 1 is 0.783 bits per heavy atom. The lowest BCUT2D eigenvalue weighted by atomic mass is 9.96. The van der Waals surface area contributed by atoms with Gasteiger partial charge in [0.05, 0.1) is 6.04 Å². The van der Waals surface area contributed by atoms with Crippen LogP contribution in [0.2, 0.25) is 0 Å². The van der Waals surface area contributed by atoms with Gasteiger partial charge in [0.2, 0.25) is 0 Å². The Kier molecular flexibility index (Phi) is 4.51. The molecule has 4 N–H and O–H groups in total. The summed E-state index contributed by atoms with van der Waals surface area (Å²) in [5, 5.41) is 0. The van der Waals surface area contributed by atoms with E-state index >= 15 is 0 Å². The van der Waals surface area contributed by atoms with Crippen molar-refractivity contribution in [2.45, 2.75) is 12.6 Å². The minimum atomic E-state index is -0.265. The maximum atomic E-state index is 13.5. The molecule has 0 saturated heterocycles. The van der Waals surface area contributed by atoms with Crippen LogP contribution in [-0.4, -0.2) is 0 Å². The number of rotatable bonds is 4. The first-order chi connectivity index (χ1) is 11.2. The third-order valence-electron chi connectivity index (χ3n) is 4.03. The highest BCUT2D eigenvalue weighted by Gasteiger charge is 2.09. The summed E-state index contributed by atoms with van der Waals surface area (Å²) in [6.45, 7) is 0.191. The zero-order valence-corrected chi connectivity index (χ0v) is 12.7. The van der Waals surface area contributed by atoms with E-state index in [0.717, 1.165) is 22.3 Å². The van der Waals surface area contributed by atoms with Crippen LogP contribution < -0.4 is 11.5 Å². The highest BCUT2D eigenvalue weighted by molar-refractivity contribution is 5.64. The first-order valence-electron chi connectivity index (χ1n) is 7.58. The monoisotopic (exact) mass is 306 g/mol. The fraction of sp³-hybridized carbons (Fsp3) is 0.100. The fourth-order valence-electron chi connectivity index (χ4n) is 2.65. The molecule has 0 fully saturated rings. The molecule has 0 spiro atoms. The van der Waals surface area contributed by atoms with Crippen molar-refractivity contribution in [2.75, 3.05) is 0 Å². The van der Waals surface area contributed by atoms with E-state index in [4.69, 9.17) is 11.5 Å². The Morgan fingerprint density at radius 3 is 2.04 bits per heavy atom. The lowest BCUT2D eigenvalue weighted by Gasteiger charge is -2.13. The lowest BCUT2D eigenvalue weighted by Crippen LogP contribution is -2.11. The smallest absolute Gasteiger partial charge is 0.127 e. The van der Waals surface area contributed by atoms with Gasteiger partial charge in [0, 0.05) is 12.1 Å². The van der Waals surface area contributed by atoms with E-state index < -0.39 is 0 Å². The Morgan fingerprint density at radius 2 is 1.39 bits per heavy atom. The average molecular weight is 306 g/mol. The molecule has 3 rings (SSSR count). The van der Waals surface area contributed by atoms with Crippen LogP contribution in [-0.2, 0) is 6.54 Å². The van der Waals surface area contributed by atoms with Gasteiger partial charge in [-0.25, -0.2) is 4.39 Å². The highest BCUT2D eigenvalue weighted by atomic mass is 19.1. The summed E-state index contributed by atoms with van der Waals surface area (Å²) in [7, 11) is 0. The van der Waals surface area contributed by atoms with Crippen molar-refractivity contribution in [3.05, 3.63) is 95.3 Å². The maximum absolute atomic E-state index is 13.5. The summed E-state index contributed by atoms with van der Waals surface area (Å²) in [5.41, 5.74) is 16.5. The fourth-order valence-corrected chi connectivity index (χ4v) is 2.65. The van der Waals surface area contributed by atoms with E-state index in [-0.39, 0.29) is 18.4 Å². The first kappa shape index (κ1) is 15.4. The molecule has 1 unspecified atom stereocenters. The van der Waals surface area contributed by atoms with Crippen LogP contribution in [0.25, 0.3) is 11.1 Å². The van der Waals surface area contributed by atoms with Crippen LogP contribution in [0.5, 0.6) is 0 Å². The van der Waals surface area contributed by atoms with Gasteiger partial charge in [-0.05, 0) is 34.4 Å². The Bertz CT molecular complexity index is 782. The maximum Gasteiger partial charge on any atom is 0.127 e. The van der Waals surface area contributed by atoms with Crippen molar-refractivity contribution in [1.29, 1.82) is 0 Å². The van der Waals surface area contributed by atoms with Crippen LogP contribution in [0, 0.1) is 5.82 Å². The van der Waals surface area contributed by atoms with Crippen molar-refractivity contribution in [2.24, 2.45) is 11.5 Å². The third kappa shape index (κ3) is 3.31. The van der Waals surface area contributed by atoms with Crippen LogP contribution in [0.1, 0.15) is 22.7 Å². The molecular formula is C20H19FN2. The number of halogens is 1. The van der Waals surface area contributed by atoms with Gasteiger partial charge in [-0.3, -0.25) is 0 Å². The number of benzene rings is 3. The molecule has 0 heterocycles. The normalized spacial score (nSPS) is 12.1. The predicted molar refractivity (Wildman–Crippen MR) is 92.2 cm³/mol. The molecule has 0 aliphatic rings. The molecule has 3 heteroatoms. The average Bonchev–Trinajstić information content (AvgIpc) is 2.62. The van der Waals surface area contributed by atoms with E-state index in [1.165, 1.54) is 6.07 Å². The quantitative estimate of drug-likeness (QED) is 0.765. The standard InChI is InChI=1S/C20H19FN2/c21-19-11-10-17(12-18(19)13-22)14-6-8-16(9-7-14)20(23)15-4-2-1-3-5-15/h1-12,20H,13,22-23H2. The van der Waals surface area contributed by atoms with Crippen molar-refractivity contribution < 1.29 is 4.39 Å². The van der Waals surface area contributed by atoms with Crippen molar-refractivity contribution >= 4 is 0 Å². The first-order valence-corrected chi connectivity index (χ1v) is 7.58. The molecule has 2 nitrogen and oxygen atoms in total. The molecule has 3 aromatic rings. The molecule has 0 aromatic heterocycles. The van der Waals surface area contributed by atoms with Gasteiger partial charge >= 0.3 is 0 Å². The molecule has 0 saturated carbocycles. The molecule has 3 aromatic carbocycles. The third-order valence-corrected chi connectivity index (χ3v) is 4.03. The molecular weight excluding hydrogens is 287 g/mol. The number of hydrogen-bond donors (Lipinski definition) is 2. The topological polar surface area (TPSA) is 52.0 Å². The van der Waals surface area contributed by atoms with Crippen molar-refractivity contribution in [3.63, 3.8) is 0 Å². The number of hydrogen-bond acceptors (Lipinski definition) is 2. The van der Waals surface area contributed by atoms with Crippen LogP contribution in [0.4, 0.5) is 4.39 Å². The highest BCUT2D eigenvalue weighted by Crippen LogP contribution is 2.25. The van der Waals surface area contributed by atoms with Crippen LogP contribution >= 0.6 is 0 Å². The van der Waals surface area contributed by atoms with Gasteiger partial charge in [-0.1, -0.05) is 60.7 Å². The van der Waals surface area contributed by atoms with Gasteiger partial charge < -0.3 is 11.5 Å². The summed E-state index contributed by atoms with van der Waals surface area (Å²) >= 11 is 0. The second kappa shape index (κ2) is 6.73. The molecule has 116 valence electrons. The summed E-state index contributed by atoms with van der Waals surface area (Å²) < 4.78 is 13.5. The molecule has 0 bridgehead atoms. The second-order valence-electron chi connectivity index (χ2n) is 5.52. The van der Waals surface area contributed by atoms with E-state index in [0.29, 0.717) is 5.56 Å². The van der Waals surface area contributed by atoms with Gasteiger partial charge in [-0.15, -0.1) is 0 Å². The van der Waals surface area contributed by atoms with Crippen molar-refractivity contribution in [1.82, 2.24) is 0 Å². The van der Waals surface area contributed by atoms with E-state index in [1.807, 2.05) is 54.6 Å². The summed E-state index contributed by atoms with van der Waals surface area (Å²) in [6.07, 6.45) is 0. The Balaban J connectivity index is 1.88. The second-order valence-corrected chi connectivity index (χ2v) is 5.52. The van der Waals surface area contributed by atoms with E-state index in [1.54, 1.807) is 12.1 Å². The molecule has 0 aliphatic carbocycles. The summed E-state index contributed by atoms with van der Waals surface area (Å²) in [4.78, 5) is 0. The Hall–Kier alpha value is -2.49. The molecule has 1 atom stereocenters. The van der Waals surface area contributed by atoms with E-state index in [9.17, 15) is 4.39 Å². The van der Waals surface area contributed by atoms with Gasteiger partial charge in [0.1, 0.15) is 5.82 Å². The molecule has 23 heavy (non-hydrogen) atoms. The van der Waals surface area contributed by atoms with Gasteiger partial charge in [0.15, 0.2) is 0 Å². The molecule has 0 radical (unpaired) electrons.